The number of morpholine rings is 1. The molecule has 4 N–H and O–H groups in total. The number of halogens is 2. The lowest BCUT2D eigenvalue weighted by Gasteiger charge is -2.36. The Balaban J connectivity index is 1.26. The second kappa shape index (κ2) is 12.9. The molecular formula is C29H34F2N8O2. The maximum Gasteiger partial charge on any atom is 0.296 e. The summed E-state index contributed by atoms with van der Waals surface area (Å²) in [6.45, 7) is 6.82. The number of carbonyl (C=O) groups is 1. The molecule has 3 heterocycles. The number of amides is 1. The summed E-state index contributed by atoms with van der Waals surface area (Å²) in [5.74, 6) is 0.246. The molecule has 2 aliphatic rings. The Hall–Kier alpha value is -4.32. The van der Waals surface area contributed by atoms with E-state index in [-0.39, 0.29) is 30.2 Å². The highest BCUT2D eigenvalue weighted by molar-refractivity contribution is 5.86. The van der Waals surface area contributed by atoms with Crippen LogP contribution in [-0.2, 0) is 16.0 Å². The number of fused-ring (bicyclic) bond motifs is 1. The number of nitrogens with one attached hydrogen (secondary N) is 2. The molecule has 10 nitrogen and oxygen atoms in total. The van der Waals surface area contributed by atoms with Gasteiger partial charge in [0.1, 0.15) is 5.82 Å². The first kappa shape index (κ1) is 28.2. The summed E-state index contributed by atoms with van der Waals surface area (Å²) in [5.41, 5.74) is 8.48. The van der Waals surface area contributed by atoms with Gasteiger partial charge in [0.25, 0.3) is 6.43 Å². The van der Waals surface area contributed by atoms with E-state index >= 15 is 0 Å². The molecule has 3 aromatic rings. The van der Waals surface area contributed by atoms with E-state index < -0.39 is 12.2 Å². The Morgan fingerprint density at radius 3 is 2.68 bits per heavy atom. The molecule has 1 aliphatic heterocycles. The first-order valence-electron chi connectivity index (χ1n) is 13.6. The van der Waals surface area contributed by atoms with Crippen molar-refractivity contribution >= 4 is 28.7 Å². The van der Waals surface area contributed by atoms with Gasteiger partial charge in [-0.2, -0.15) is 4.99 Å². The predicted octanol–water partition coefficient (Wildman–Crippen LogP) is 3.06. The fourth-order valence-corrected chi connectivity index (χ4v) is 5.01. The van der Waals surface area contributed by atoms with Gasteiger partial charge in [-0.3, -0.25) is 14.3 Å². The van der Waals surface area contributed by atoms with Gasteiger partial charge < -0.3 is 26.0 Å². The Labute approximate surface area is 237 Å². The lowest BCUT2D eigenvalue weighted by molar-refractivity contribution is -0.122. The number of para-hydroxylation sites is 2. The monoisotopic (exact) mass is 564 g/mol. The molecule has 0 atom stereocenters. The molecule has 1 saturated heterocycles. The largest absolute Gasteiger partial charge is 0.385 e. The zero-order valence-electron chi connectivity index (χ0n) is 22.7. The number of carbonyl (C=O) groups excluding carboxylic acids is 1. The average Bonchev–Trinajstić information content (AvgIpc) is 3.35. The molecule has 1 amide bonds. The van der Waals surface area contributed by atoms with Crippen LogP contribution in [0.25, 0.3) is 16.9 Å². The number of aliphatic imine (C=N–C) groups is 1. The van der Waals surface area contributed by atoms with Crippen LogP contribution in [0.5, 0.6) is 0 Å². The van der Waals surface area contributed by atoms with Crippen molar-refractivity contribution in [2.45, 2.75) is 31.7 Å². The summed E-state index contributed by atoms with van der Waals surface area (Å²) in [6, 6.07) is 12.5. The second-order valence-corrected chi connectivity index (χ2v) is 10.2. The van der Waals surface area contributed by atoms with Crippen molar-refractivity contribution in [2.75, 3.05) is 32.8 Å². The van der Waals surface area contributed by atoms with E-state index in [1.807, 2.05) is 23.1 Å². The number of nitrogens with two attached hydrogens (primary N) is 1. The summed E-state index contributed by atoms with van der Waals surface area (Å²) in [4.78, 5) is 27.1. The first-order valence-corrected chi connectivity index (χ1v) is 13.6. The Bertz CT molecular complexity index is 1430. The van der Waals surface area contributed by atoms with Crippen LogP contribution in [0.3, 0.4) is 0 Å². The van der Waals surface area contributed by atoms with Crippen LogP contribution in [0.1, 0.15) is 30.8 Å². The minimum atomic E-state index is -2.83. The van der Waals surface area contributed by atoms with E-state index in [0.29, 0.717) is 55.5 Å². The van der Waals surface area contributed by atoms with Crippen molar-refractivity contribution in [2.24, 2.45) is 16.6 Å². The lowest BCUT2D eigenvalue weighted by Crippen LogP contribution is -2.47. The molecule has 1 aliphatic carbocycles. The summed E-state index contributed by atoms with van der Waals surface area (Å²) in [5, 5.41) is 6.33. The number of rotatable bonds is 10. The highest BCUT2D eigenvalue weighted by Crippen LogP contribution is 2.29. The summed E-state index contributed by atoms with van der Waals surface area (Å²) < 4.78 is 35.0. The number of benzene rings is 1. The highest BCUT2D eigenvalue weighted by atomic mass is 19.3. The van der Waals surface area contributed by atoms with Crippen LogP contribution < -0.4 is 16.4 Å². The number of hydrogen-bond acceptors (Lipinski definition) is 6. The standard InChI is InChI=1S/C29H34F2N8O2/c1-19(34-18-20-15-22(16-20)35-26(40)17-21-6-4-5-9-33-21)14-25(37-29(32)38-10-12-41-13-11-38)39-24-8-3-2-7-23(24)36-28(39)27(30)31/h2-9,14,20,22,27,34H,1,10-13,15-18H2,(H2,32,37)(H,35,40)/b25-14+. The Kier molecular flexibility index (Phi) is 8.88. The van der Waals surface area contributed by atoms with Crippen molar-refractivity contribution in [1.82, 2.24) is 30.1 Å². The number of allylic oxidation sites excluding steroid dienone is 1. The minimum Gasteiger partial charge on any atom is -0.385 e. The third-order valence-corrected chi connectivity index (χ3v) is 7.16. The van der Waals surface area contributed by atoms with Crippen molar-refractivity contribution in [3.63, 3.8) is 0 Å². The SMILES string of the molecule is C=C(/C=C(\N=C(/N)N1CCOCC1)n1c(C(F)F)nc2ccccc21)NCC1CC(NC(=O)Cc2ccccn2)C1. The molecule has 0 spiro atoms. The van der Waals surface area contributed by atoms with Crippen LogP contribution in [0.2, 0.25) is 0 Å². The highest BCUT2D eigenvalue weighted by Gasteiger charge is 2.30. The molecule has 1 saturated carbocycles. The van der Waals surface area contributed by atoms with E-state index in [0.717, 1.165) is 18.5 Å². The number of pyridine rings is 1. The van der Waals surface area contributed by atoms with E-state index in [4.69, 9.17) is 10.5 Å². The predicted molar refractivity (Wildman–Crippen MR) is 153 cm³/mol. The van der Waals surface area contributed by atoms with Gasteiger partial charge in [0, 0.05) is 49.3 Å². The number of aromatic nitrogens is 3. The van der Waals surface area contributed by atoms with Crippen molar-refractivity contribution in [1.29, 1.82) is 0 Å². The zero-order valence-corrected chi connectivity index (χ0v) is 22.7. The molecule has 216 valence electrons. The molecule has 0 radical (unpaired) electrons. The fraction of sp³-hybridized carbons (Fsp3) is 0.379. The molecule has 41 heavy (non-hydrogen) atoms. The number of imidazole rings is 1. The quantitative estimate of drug-likeness (QED) is 0.197. The van der Waals surface area contributed by atoms with Gasteiger partial charge in [-0.05, 0) is 43.0 Å². The number of hydrogen-bond donors (Lipinski definition) is 3. The summed E-state index contributed by atoms with van der Waals surface area (Å²) in [6.07, 6.45) is 2.36. The van der Waals surface area contributed by atoms with E-state index in [2.05, 4.69) is 32.2 Å². The minimum absolute atomic E-state index is 0.0461. The van der Waals surface area contributed by atoms with E-state index in [1.54, 1.807) is 36.5 Å². The third kappa shape index (κ3) is 7.07. The molecule has 0 unspecified atom stereocenters. The molecule has 1 aromatic carbocycles. The lowest BCUT2D eigenvalue weighted by atomic mass is 9.80. The van der Waals surface area contributed by atoms with Gasteiger partial charge in [0.15, 0.2) is 11.8 Å². The van der Waals surface area contributed by atoms with Crippen LogP contribution in [-0.4, -0.2) is 70.2 Å². The number of alkyl halides is 2. The van der Waals surface area contributed by atoms with Crippen LogP contribution in [0.4, 0.5) is 8.78 Å². The van der Waals surface area contributed by atoms with Gasteiger partial charge in [-0.1, -0.05) is 24.8 Å². The maximum atomic E-state index is 14.1. The van der Waals surface area contributed by atoms with Crippen LogP contribution in [0.15, 0.2) is 72.0 Å². The van der Waals surface area contributed by atoms with Gasteiger partial charge >= 0.3 is 0 Å². The van der Waals surface area contributed by atoms with Gasteiger partial charge in [-0.15, -0.1) is 0 Å². The van der Waals surface area contributed by atoms with Gasteiger partial charge in [-0.25, -0.2) is 13.8 Å². The molecular weight excluding hydrogens is 530 g/mol. The number of nitrogens with zero attached hydrogens (tertiary/aromatic N) is 5. The van der Waals surface area contributed by atoms with Crippen molar-refractivity contribution in [3.05, 3.63) is 78.5 Å². The fourth-order valence-electron chi connectivity index (χ4n) is 5.01. The smallest absolute Gasteiger partial charge is 0.296 e. The molecule has 12 heteroatoms. The molecule has 5 rings (SSSR count). The third-order valence-electron chi connectivity index (χ3n) is 7.16. The normalized spacial score (nSPS) is 19.7. The van der Waals surface area contributed by atoms with E-state index in [1.165, 1.54) is 4.57 Å². The number of guanidine groups is 1. The topological polar surface area (TPSA) is 123 Å². The Morgan fingerprint density at radius 2 is 1.95 bits per heavy atom. The maximum absolute atomic E-state index is 14.1. The first-order chi connectivity index (χ1) is 19.9. The number of ether oxygens (including phenoxy) is 1. The Morgan fingerprint density at radius 1 is 1.20 bits per heavy atom. The van der Waals surface area contributed by atoms with Crippen molar-refractivity contribution < 1.29 is 18.3 Å². The van der Waals surface area contributed by atoms with E-state index in [9.17, 15) is 13.6 Å². The summed E-state index contributed by atoms with van der Waals surface area (Å²) in [7, 11) is 0. The van der Waals surface area contributed by atoms with Crippen molar-refractivity contribution in [3.8, 4) is 0 Å². The summed E-state index contributed by atoms with van der Waals surface area (Å²) >= 11 is 0. The van der Waals surface area contributed by atoms with Crippen LogP contribution in [0, 0.1) is 5.92 Å². The molecule has 2 aromatic heterocycles. The van der Waals surface area contributed by atoms with Gasteiger partial charge in [0.2, 0.25) is 5.91 Å². The average molecular weight is 565 g/mol. The van der Waals surface area contributed by atoms with Gasteiger partial charge in [0.05, 0.1) is 30.7 Å². The molecule has 0 bridgehead atoms. The second-order valence-electron chi connectivity index (χ2n) is 10.2. The van der Waals surface area contributed by atoms with Crippen LogP contribution >= 0.6 is 0 Å². The molecule has 2 fully saturated rings. The zero-order chi connectivity index (χ0) is 28.8.